The van der Waals surface area contributed by atoms with Gasteiger partial charge in [-0.25, -0.2) is 0 Å². The van der Waals surface area contributed by atoms with Crippen LogP contribution in [-0.4, -0.2) is 6.04 Å². The molecule has 0 aromatic heterocycles. The van der Waals surface area contributed by atoms with Gasteiger partial charge in [0.15, 0.2) is 0 Å². The third kappa shape index (κ3) is 2.34. The largest absolute Gasteiger partial charge is 0.307 e. The molecule has 3 aliphatic carbocycles. The quantitative estimate of drug-likeness (QED) is 0.832. The molecular weight excluding hydrogens is 254 g/mol. The second-order valence-electron chi connectivity index (χ2n) is 7.80. The Morgan fingerprint density at radius 2 is 1.81 bits per heavy atom. The van der Waals surface area contributed by atoms with Gasteiger partial charge in [-0.2, -0.15) is 0 Å². The van der Waals surface area contributed by atoms with E-state index in [2.05, 4.69) is 43.4 Å². The Labute approximate surface area is 129 Å². The van der Waals surface area contributed by atoms with E-state index in [4.69, 9.17) is 0 Å². The molecule has 0 heterocycles. The van der Waals surface area contributed by atoms with Gasteiger partial charge in [0.2, 0.25) is 0 Å². The molecule has 0 amide bonds. The van der Waals surface area contributed by atoms with Crippen molar-refractivity contribution in [1.82, 2.24) is 5.32 Å². The minimum absolute atomic E-state index is 0.551. The topological polar surface area (TPSA) is 12.0 Å². The summed E-state index contributed by atoms with van der Waals surface area (Å²) in [6, 6.07) is 10.5. The van der Waals surface area contributed by atoms with Crippen molar-refractivity contribution in [2.75, 3.05) is 0 Å². The van der Waals surface area contributed by atoms with Crippen LogP contribution in [0.3, 0.4) is 0 Å². The molecule has 1 N–H and O–H groups in total. The predicted molar refractivity (Wildman–Crippen MR) is 88.2 cm³/mol. The molecule has 1 aromatic carbocycles. The van der Waals surface area contributed by atoms with E-state index in [0.717, 1.165) is 29.7 Å². The summed E-state index contributed by atoms with van der Waals surface area (Å²) in [5.41, 5.74) is 2.84. The Bertz CT molecular complexity index is 491. The van der Waals surface area contributed by atoms with Crippen molar-refractivity contribution < 1.29 is 0 Å². The molecule has 1 nitrogen and oxygen atoms in total. The molecule has 2 bridgehead atoms. The summed E-state index contributed by atoms with van der Waals surface area (Å²) < 4.78 is 0. The van der Waals surface area contributed by atoms with Crippen LogP contribution in [0.1, 0.15) is 62.6 Å². The zero-order valence-electron chi connectivity index (χ0n) is 13.5. The summed E-state index contributed by atoms with van der Waals surface area (Å²) >= 11 is 0. The van der Waals surface area contributed by atoms with Crippen molar-refractivity contribution in [1.29, 1.82) is 0 Å². The molecule has 0 aliphatic heterocycles. The van der Waals surface area contributed by atoms with E-state index in [9.17, 15) is 0 Å². The second kappa shape index (κ2) is 5.43. The number of aryl methyl sites for hydroxylation is 1. The fourth-order valence-corrected chi connectivity index (χ4v) is 5.77. The van der Waals surface area contributed by atoms with Crippen molar-refractivity contribution >= 4 is 0 Å². The van der Waals surface area contributed by atoms with Gasteiger partial charge in [-0.1, -0.05) is 43.2 Å². The van der Waals surface area contributed by atoms with Crippen LogP contribution in [0.4, 0.5) is 0 Å². The molecule has 0 saturated heterocycles. The summed E-state index contributed by atoms with van der Waals surface area (Å²) in [5, 5.41) is 4.05. The van der Waals surface area contributed by atoms with Crippen molar-refractivity contribution in [3.8, 4) is 0 Å². The minimum Gasteiger partial charge on any atom is -0.307 e. The van der Waals surface area contributed by atoms with Gasteiger partial charge in [-0.05, 0) is 68.3 Å². The molecule has 0 spiro atoms. The number of benzene rings is 1. The molecule has 3 saturated carbocycles. The van der Waals surface area contributed by atoms with Gasteiger partial charge < -0.3 is 5.32 Å². The standard InChI is InChI=1S/C20H29N/c1-3-19(14-9-7-13(2)8-10-14)21-20-12-15-11-18(20)17-6-4-5-16(15)17/h7-10,15-21H,3-6,11-12H2,1-2H3. The summed E-state index contributed by atoms with van der Waals surface area (Å²) in [7, 11) is 0. The van der Waals surface area contributed by atoms with Crippen LogP contribution in [0.2, 0.25) is 0 Å². The van der Waals surface area contributed by atoms with Crippen molar-refractivity contribution in [2.24, 2.45) is 23.7 Å². The first-order valence-corrected chi connectivity index (χ1v) is 9.09. The van der Waals surface area contributed by atoms with Gasteiger partial charge in [0.1, 0.15) is 0 Å². The number of rotatable bonds is 4. The number of nitrogens with one attached hydrogen (secondary N) is 1. The fraction of sp³-hybridized carbons (Fsp3) is 0.700. The van der Waals surface area contributed by atoms with E-state index in [-0.39, 0.29) is 0 Å². The van der Waals surface area contributed by atoms with E-state index >= 15 is 0 Å². The summed E-state index contributed by atoms with van der Waals surface area (Å²) in [6.45, 7) is 4.50. The average Bonchev–Trinajstić information content (AvgIpc) is 3.18. The minimum atomic E-state index is 0.551. The number of hydrogen-bond acceptors (Lipinski definition) is 1. The van der Waals surface area contributed by atoms with Crippen LogP contribution in [0.15, 0.2) is 24.3 Å². The number of hydrogen-bond donors (Lipinski definition) is 1. The third-order valence-corrected chi connectivity index (χ3v) is 6.73. The lowest BCUT2D eigenvalue weighted by molar-refractivity contribution is 0.197. The van der Waals surface area contributed by atoms with E-state index in [1.165, 1.54) is 49.7 Å². The fourth-order valence-electron chi connectivity index (χ4n) is 5.77. The molecule has 3 fully saturated rings. The molecule has 114 valence electrons. The second-order valence-corrected chi connectivity index (χ2v) is 7.80. The zero-order valence-corrected chi connectivity index (χ0v) is 13.5. The SMILES string of the molecule is CCC(NC1CC2CC1C1CCCC21)c1ccc(C)cc1. The Balaban J connectivity index is 1.46. The van der Waals surface area contributed by atoms with Gasteiger partial charge in [-0.3, -0.25) is 0 Å². The lowest BCUT2D eigenvalue weighted by atomic mass is 9.78. The van der Waals surface area contributed by atoms with Gasteiger partial charge in [0, 0.05) is 12.1 Å². The van der Waals surface area contributed by atoms with Crippen LogP contribution in [0.25, 0.3) is 0 Å². The Morgan fingerprint density at radius 1 is 1.05 bits per heavy atom. The van der Waals surface area contributed by atoms with Crippen molar-refractivity contribution in [3.05, 3.63) is 35.4 Å². The first-order chi connectivity index (χ1) is 10.3. The van der Waals surface area contributed by atoms with Crippen LogP contribution in [0.5, 0.6) is 0 Å². The summed E-state index contributed by atoms with van der Waals surface area (Å²) in [6.07, 6.45) is 8.74. The number of fused-ring (bicyclic) bond motifs is 5. The molecule has 3 aliphatic rings. The molecule has 1 heteroatoms. The molecule has 6 unspecified atom stereocenters. The Morgan fingerprint density at radius 3 is 2.57 bits per heavy atom. The van der Waals surface area contributed by atoms with Crippen LogP contribution >= 0.6 is 0 Å². The molecule has 1 aromatic rings. The molecule has 0 radical (unpaired) electrons. The predicted octanol–water partition coefficient (Wildman–Crippen LogP) is 4.86. The third-order valence-electron chi connectivity index (χ3n) is 6.73. The Hall–Kier alpha value is -0.820. The van der Waals surface area contributed by atoms with Crippen LogP contribution in [0, 0.1) is 30.6 Å². The highest BCUT2D eigenvalue weighted by molar-refractivity contribution is 5.24. The van der Waals surface area contributed by atoms with Crippen molar-refractivity contribution in [3.63, 3.8) is 0 Å². The zero-order chi connectivity index (χ0) is 14.4. The molecule has 6 atom stereocenters. The van der Waals surface area contributed by atoms with Crippen molar-refractivity contribution in [2.45, 2.75) is 64.5 Å². The lowest BCUT2D eigenvalue weighted by Crippen LogP contribution is -2.41. The first-order valence-electron chi connectivity index (χ1n) is 9.09. The van der Waals surface area contributed by atoms with Gasteiger partial charge in [-0.15, -0.1) is 0 Å². The lowest BCUT2D eigenvalue weighted by Gasteiger charge is -2.34. The van der Waals surface area contributed by atoms with Gasteiger partial charge in [0.05, 0.1) is 0 Å². The van der Waals surface area contributed by atoms with Gasteiger partial charge in [0.25, 0.3) is 0 Å². The summed E-state index contributed by atoms with van der Waals surface area (Å²) in [5.74, 6) is 4.21. The first kappa shape index (κ1) is 13.8. The highest BCUT2D eigenvalue weighted by Gasteiger charge is 2.53. The molecular formula is C20H29N. The van der Waals surface area contributed by atoms with Crippen LogP contribution in [-0.2, 0) is 0 Å². The van der Waals surface area contributed by atoms with Gasteiger partial charge >= 0.3 is 0 Å². The molecule has 4 rings (SSSR count). The van der Waals surface area contributed by atoms with E-state index in [1.54, 1.807) is 0 Å². The molecule has 21 heavy (non-hydrogen) atoms. The summed E-state index contributed by atoms with van der Waals surface area (Å²) in [4.78, 5) is 0. The van der Waals surface area contributed by atoms with E-state index in [1.807, 2.05) is 0 Å². The normalized spacial score (nSPS) is 38.7. The smallest absolute Gasteiger partial charge is 0.0320 e. The average molecular weight is 283 g/mol. The Kier molecular flexibility index (Phi) is 3.57. The monoisotopic (exact) mass is 283 g/mol. The maximum atomic E-state index is 4.05. The maximum Gasteiger partial charge on any atom is 0.0320 e. The van der Waals surface area contributed by atoms with Crippen LogP contribution < -0.4 is 5.32 Å². The maximum absolute atomic E-state index is 4.05. The van der Waals surface area contributed by atoms with E-state index < -0.39 is 0 Å². The highest BCUT2D eigenvalue weighted by atomic mass is 15.0. The highest BCUT2D eigenvalue weighted by Crippen LogP contribution is 2.58. The van der Waals surface area contributed by atoms with E-state index in [0.29, 0.717) is 6.04 Å².